The van der Waals surface area contributed by atoms with Crippen molar-refractivity contribution in [2.24, 2.45) is 0 Å². The van der Waals surface area contributed by atoms with Crippen molar-refractivity contribution in [1.82, 2.24) is 0 Å². The molecule has 0 aliphatic carbocycles. The van der Waals surface area contributed by atoms with E-state index < -0.39 is 11.6 Å². The van der Waals surface area contributed by atoms with Gasteiger partial charge in [0.2, 0.25) is 0 Å². The molecule has 5 nitrogen and oxygen atoms in total. The number of carbonyl (C=O) groups excluding carboxylic acids is 1. The summed E-state index contributed by atoms with van der Waals surface area (Å²) in [7, 11) is 4.48. The molecule has 106 valence electrons. The highest BCUT2D eigenvalue weighted by molar-refractivity contribution is 5.96. The van der Waals surface area contributed by atoms with Crippen LogP contribution in [-0.4, -0.2) is 32.9 Å². The fourth-order valence-corrected chi connectivity index (χ4v) is 1.54. The standard InChI is InChI=1S/C14H20O5/c1-14(2,3)19-13(15)12-10(17-5)7-9(16-4)8-11(12)18-6/h7-8H,1-6H3. The fraction of sp³-hybridized carbons (Fsp3) is 0.500. The molecule has 0 fully saturated rings. The average molecular weight is 268 g/mol. The van der Waals surface area contributed by atoms with Crippen molar-refractivity contribution in [2.45, 2.75) is 26.4 Å². The van der Waals surface area contributed by atoms with E-state index in [2.05, 4.69) is 0 Å². The molecule has 0 aromatic heterocycles. The number of benzene rings is 1. The van der Waals surface area contributed by atoms with Gasteiger partial charge in [-0.2, -0.15) is 0 Å². The monoisotopic (exact) mass is 268 g/mol. The van der Waals surface area contributed by atoms with Crippen LogP contribution in [0.5, 0.6) is 17.2 Å². The minimum Gasteiger partial charge on any atom is -0.496 e. The summed E-state index contributed by atoms with van der Waals surface area (Å²) in [6.45, 7) is 5.40. The van der Waals surface area contributed by atoms with Crippen molar-refractivity contribution in [3.05, 3.63) is 17.7 Å². The Hall–Kier alpha value is -1.91. The first kappa shape index (κ1) is 15.1. The fourth-order valence-electron chi connectivity index (χ4n) is 1.54. The molecule has 1 rings (SSSR count). The average Bonchev–Trinajstić information content (AvgIpc) is 2.34. The molecule has 0 heterocycles. The Labute approximate surface area is 113 Å². The predicted molar refractivity (Wildman–Crippen MR) is 71.3 cm³/mol. The first-order valence-electron chi connectivity index (χ1n) is 5.85. The Morgan fingerprint density at radius 1 is 0.947 bits per heavy atom. The summed E-state index contributed by atoms with van der Waals surface area (Å²) in [5.41, 5.74) is -0.340. The Bertz CT molecular complexity index is 434. The Kier molecular flexibility index (Phi) is 4.64. The number of hydrogen-bond acceptors (Lipinski definition) is 5. The summed E-state index contributed by atoms with van der Waals surface area (Å²) in [4.78, 5) is 12.2. The van der Waals surface area contributed by atoms with E-state index >= 15 is 0 Å². The van der Waals surface area contributed by atoms with Crippen molar-refractivity contribution < 1.29 is 23.7 Å². The third-order valence-electron chi connectivity index (χ3n) is 2.32. The van der Waals surface area contributed by atoms with Crippen molar-refractivity contribution in [3.8, 4) is 17.2 Å². The Balaban J connectivity index is 3.28. The second-order valence-corrected chi connectivity index (χ2v) is 4.91. The molecular formula is C14H20O5. The van der Waals surface area contributed by atoms with Crippen LogP contribution in [0.3, 0.4) is 0 Å². The highest BCUT2D eigenvalue weighted by atomic mass is 16.6. The molecule has 5 heteroatoms. The van der Waals surface area contributed by atoms with Gasteiger partial charge >= 0.3 is 5.97 Å². The van der Waals surface area contributed by atoms with E-state index in [1.54, 1.807) is 32.9 Å². The normalized spacial score (nSPS) is 10.8. The van der Waals surface area contributed by atoms with Crippen LogP contribution in [0.2, 0.25) is 0 Å². The molecule has 0 unspecified atom stereocenters. The maximum atomic E-state index is 12.2. The molecular weight excluding hydrogens is 248 g/mol. The van der Waals surface area contributed by atoms with Crippen LogP contribution in [0.1, 0.15) is 31.1 Å². The van der Waals surface area contributed by atoms with Gasteiger partial charge in [0.25, 0.3) is 0 Å². The van der Waals surface area contributed by atoms with E-state index in [0.717, 1.165) is 0 Å². The van der Waals surface area contributed by atoms with Gasteiger partial charge in [0.1, 0.15) is 28.4 Å². The van der Waals surface area contributed by atoms with E-state index in [9.17, 15) is 4.79 Å². The van der Waals surface area contributed by atoms with Crippen molar-refractivity contribution in [1.29, 1.82) is 0 Å². The molecule has 0 saturated carbocycles. The van der Waals surface area contributed by atoms with Crippen LogP contribution < -0.4 is 14.2 Å². The number of carbonyl (C=O) groups is 1. The lowest BCUT2D eigenvalue weighted by atomic mass is 10.1. The molecule has 0 aliphatic rings. The van der Waals surface area contributed by atoms with Gasteiger partial charge in [-0.3, -0.25) is 0 Å². The van der Waals surface area contributed by atoms with Gasteiger partial charge in [0, 0.05) is 12.1 Å². The summed E-state index contributed by atoms with van der Waals surface area (Å²) in [5, 5.41) is 0. The van der Waals surface area contributed by atoms with Crippen LogP contribution in [0.15, 0.2) is 12.1 Å². The molecule has 1 aromatic carbocycles. The number of hydrogen-bond donors (Lipinski definition) is 0. The maximum Gasteiger partial charge on any atom is 0.346 e. The smallest absolute Gasteiger partial charge is 0.346 e. The Morgan fingerprint density at radius 2 is 1.42 bits per heavy atom. The van der Waals surface area contributed by atoms with Gasteiger partial charge in [-0.1, -0.05) is 0 Å². The lowest BCUT2D eigenvalue weighted by Crippen LogP contribution is -2.24. The molecule has 0 spiro atoms. The molecule has 0 saturated heterocycles. The number of methoxy groups -OCH3 is 3. The third-order valence-corrected chi connectivity index (χ3v) is 2.32. The van der Waals surface area contributed by atoms with E-state index in [4.69, 9.17) is 18.9 Å². The second kappa shape index (κ2) is 5.82. The second-order valence-electron chi connectivity index (χ2n) is 4.91. The number of rotatable bonds is 4. The van der Waals surface area contributed by atoms with Gasteiger partial charge in [0.05, 0.1) is 21.3 Å². The first-order chi connectivity index (χ1) is 8.82. The Morgan fingerprint density at radius 3 is 1.74 bits per heavy atom. The van der Waals surface area contributed by atoms with E-state index in [1.165, 1.54) is 21.3 Å². The van der Waals surface area contributed by atoms with Gasteiger partial charge in [-0.05, 0) is 20.8 Å². The summed E-state index contributed by atoms with van der Waals surface area (Å²) in [6.07, 6.45) is 0. The molecule has 0 aliphatic heterocycles. The third kappa shape index (κ3) is 3.77. The molecule has 0 amide bonds. The molecule has 0 bridgehead atoms. The van der Waals surface area contributed by atoms with E-state index in [1.807, 2.05) is 0 Å². The van der Waals surface area contributed by atoms with E-state index in [-0.39, 0.29) is 5.56 Å². The topological polar surface area (TPSA) is 54.0 Å². The van der Waals surface area contributed by atoms with Gasteiger partial charge in [0.15, 0.2) is 0 Å². The van der Waals surface area contributed by atoms with E-state index in [0.29, 0.717) is 17.2 Å². The molecule has 0 radical (unpaired) electrons. The van der Waals surface area contributed by atoms with Crippen LogP contribution in [0.25, 0.3) is 0 Å². The highest BCUT2D eigenvalue weighted by Gasteiger charge is 2.25. The van der Waals surface area contributed by atoms with Crippen LogP contribution in [0.4, 0.5) is 0 Å². The minimum absolute atomic E-state index is 0.251. The summed E-state index contributed by atoms with van der Waals surface area (Å²) >= 11 is 0. The zero-order valence-electron chi connectivity index (χ0n) is 12.2. The zero-order valence-corrected chi connectivity index (χ0v) is 12.2. The van der Waals surface area contributed by atoms with Crippen molar-refractivity contribution in [2.75, 3.05) is 21.3 Å². The number of ether oxygens (including phenoxy) is 4. The predicted octanol–water partition coefficient (Wildman–Crippen LogP) is 2.67. The van der Waals surface area contributed by atoms with Crippen molar-refractivity contribution >= 4 is 5.97 Å². The quantitative estimate of drug-likeness (QED) is 0.786. The zero-order chi connectivity index (χ0) is 14.6. The van der Waals surface area contributed by atoms with Crippen LogP contribution in [0, 0.1) is 0 Å². The summed E-state index contributed by atoms with van der Waals surface area (Å²) < 4.78 is 20.9. The SMILES string of the molecule is COc1cc(OC)c(C(=O)OC(C)(C)C)c(OC)c1. The summed E-state index contributed by atoms with van der Waals surface area (Å²) in [6, 6.07) is 3.23. The lowest BCUT2D eigenvalue weighted by molar-refractivity contribution is 0.00634. The molecule has 0 N–H and O–H groups in total. The molecule has 19 heavy (non-hydrogen) atoms. The summed E-state index contributed by atoms with van der Waals surface area (Å²) in [5.74, 6) is 0.751. The van der Waals surface area contributed by atoms with Gasteiger partial charge in [-0.25, -0.2) is 4.79 Å². The minimum atomic E-state index is -0.590. The maximum absolute atomic E-state index is 12.2. The molecule has 1 aromatic rings. The van der Waals surface area contributed by atoms with Crippen molar-refractivity contribution in [3.63, 3.8) is 0 Å². The van der Waals surface area contributed by atoms with Crippen LogP contribution >= 0.6 is 0 Å². The number of esters is 1. The van der Waals surface area contributed by atoms with Gasteiger partial charge in [-0.15, -0.1) is 0 Å². The molecule has 0 atom stereocenters. The lowest BCUT2D eigenvalue weighted by Gasteiger charge is -2.21. The van der Waals surface area contributed by atoms with Gasteiger partial charge < -0.3 is 18.9 Å². The first-order valence-corrected chi connectivity index (χ1v) is 5.85. The van der Waals surface area contributed by atoms with Crippen LogP contribution in [-0.2, 0) is 4.74 Å². The highest BCUT2D eigenvalue weighted by Crippen LogP contribution is 2.35. The largest absolute Gasteiger partial charge is 0.496 e.